The lowest BCUT2D eigenvalue weighted by Gasteiger charge is -2.27. The van der Waals surface area contributed by atoms with Gasteiger partial charge in [0.05, 0.1) is 17.8 Å². The minimum Gasteiger partial charge on any atom is -0.465 e. The van der Waals surface area contributed by atoms with Crippen LogP contribution in [0, 0.1) is 5.92 Å². The number of nitrogen functional groups attached to an aromatic ring is 1. The number of hydrogen-bond donors (Lipinski definition) is 2. The zero-order valence-electron chi connectivity index (χ0n) is 12.8. The second-order valence-electron chi connectivity index (χ2n) is 6.45. The highest BCUT2D eigenvalue weighted by atomic mass is 32.1. The molecule has 116 valence electrons. The predicted molar refractivity (Wildman–Crippen MR) is 87.1 cm³/mol. The number of rotatable bonds is 4. The second-order valence-corrected chi connectivity index (χ2v) is 7.48. The number of anilines is 2. The van der Waals surface area contributed by atoms with Crippen molar-refractivity contribution < 1.29 is 9.53 Å². The molecule has 0 spiro atoms. The van der Waals surface area contributed by atoms with E-state index in [1.54, 1.807) is 0 Å². The molecule has 3 N–H and O–H groups in total. The van der Waals surface area contributed by atoms with Gasteiger partial charge in [-0.2, -0.15) is 0 Å². The van der Waals surface area contributed by atoms with E-state index in [9.17, 15) is 4.79 Å². The van der Waals surface area contributed by atoms with Crippen molar-refractivity contribution in [3.05, 3.63) is 10.4 Å². The average molecular weight is 308 g/mol. The molecule has 1 aromatic rings. The Kier molecular flexibility index (Phi) is 4.11. The lowest BCUT2D eigenvalue weighted by atomic mass is 9.87. The topological polar surface area (TPSA) is 64.3 Å². The van der Waals surface area contributed by atoms with Gasteiger partial charge in [-0.1, -0.05) is 6.92 Å². The molecule has 2 saturated carbocycles. The van der Waals surface area contributed by atoms with Crippen molar-refractivity contribution in [1.82, 2.24) is 0 Å². The molecule has 0 saturated heterocycles. The van der Waals surface area contributed by atoms with Gasteiger partial charge >= 0.3 is 5.97 Å². The van der Waals surface area contributed by atoms with Crippen LogP contribution in [0.4, 0.5) is 10.7 Å². The molecule has 0 unspecified atom stereocenters. The van der Waals surface area contributed by atoms with Gasteiger partial charge in [0.15, 0.2) is 0 Å². The van der Waals surface area contributed by atoms with Crippen LogP contribution in [-0.4, -0.2) is 19.1 Å². The Morgan fingerprint density at radius 1 is 1.24 bits per heavy atom. The molecule has 1 heterocycles. The third-order valence-corrected chi connectivity index (χ3v) is 5.82. The average Bonchev–Trinajstić information content (AvgIpc) is 3.26. The number of ether oxygens (including phenoxy) is 1. The molecule has 1 aromatic heterocycles. The summed E-state index contributed by atoms with van der Waals surface area (Å²) >= 11 is 1.47. The van der Waals surface area contributed by atoms with E-state index >= 15 is 0 Å². The zero-order valence-corrected chi connectivity index (χ0v) is 13.6. The lowest BCUT2D eigenvalue weighted by molar-refractivity contribution is 0.0607. The van der Waals surface area contributed by atoms with Crippen LogP contribution in [0.5, 0.6) is 0 Å². The molecule has 3 rings (SSSR count). The fourth-order valence-electron chi connectivity index (χ4n) is 3.18. The van der Waals surface area contributed by atoms with Gasteiger partial charge in [0.25, 0.3) is 0 Å². The molecule has 0 bridgehead atoms. The number of methoxy groups -OCH3 is 1. The maximum atomic E-state index is 11.9. The van der Waals surface area contributed by atoms with Crippen molar-refractivity contribution >= 4 is 28.0 Å². The zero-order chi connectivity index (χ0) is 15.0. The third kappa shape index (κ3) is 3.03. The summed E-state index contributed by atoms with van der Waals surface area (Å²) in [5, 5.41) is 4.77. The highest BCUT2D eigenvalue weighted by molar-refractivity contribution is 7.18. The molecule has 0 atom stereocenters. The van der Waals surface area contributed by atoms with E-state index < -0.39 is 0 Å². The van der Waals surface area contributed by atoms with E-state index in [0.717, 1.165) is 10.9 Å². The van der Waals surface area contributed by atoms with Gasteiger partial charge in [0.1, 0.15) is 4.88 Å². The van der Waals surface area contributed by atoms with Crippen molar-refractivity contribution in [2.45, 2.75) is 57.4 Å². The fourth-order valence-corrected chi connectivity index (χ4v) is 4.38. The first-order valence-corrected chi connectivity index (χ1v) is 8.68. The molecule has 4 nitrogen and oxygen atoms in total. The first kappa shape index (κ1) is 14.7. The Morgan fingerprint density at radius 2 is 1.90 bits per heavy atom. The number of esters is 1. The molecule has 2 fully saturated rings. The van der Waals surface area contributed by atoms with Crippen LogP contribution in [0.3, 0.4) is 0 Å². The molecule has 2 aliphatic rings. The van der Waals surface area contributed by atoms with E-state index in [1.807, 2.05) is 0 Å². The molecule has 5 heteroatoms. The SMILES string of the molecule is COC(=O)c1sc(NC2CCC(C)CC2)c(C2CC2)c1N. The minimum atomic E-state index is -0.315. The van der Waals surface area contributed by atoms with Gasteiger partial charge in [0, 0.05) is 11.6 Å². The van der Waals surface area contributed by atoms with Crippen LogP contribution in [-0.2, 0) is 4.74 Å². The van der Waals surface area contributed by atoms with Crippen molar-refractivity contribution in [2.75, 3.05) is 18.2 Å². The highest BCUT2D eigenvalue weighted by Crippen LogP contribution is 2.51. The van der Waals surface area contributed by atoms with E-state index in [4.69, 9.17) is 10.5 Å². The van der Waals surface area contributed by atoms with Crippen molar-refractivity contribution in [3.63, 3.8) is 0 Å². The van der Waals surface area contributed by atoms with Crippen molar-refractivity contribution in [1.29, 1.82) is 0 Å². The van der Waals surface area contributed by atoms with Crippen molar-refractivity contribution in [3.8, 4) is 0 Å². The summed E-state index contributed by atoms with van der Waals surface area (Å²) < 4.78 is 4.85. The van der Waals surface area contributed by atoms with Crippen LogP contribution in [0.2, 0.25) is 0 Å². The van der Waals surface area contributed by atoms with Gasteiger partial charge < -0.3 is 15.8 Å². The molecule has 2 aliphatic carbocycles. The minimum absolute atomic E-state index is 0.315. The van der Waals surface area contributed by atoms with E-state index in [-0.39, 0.29) is 5.97 Å². The smallest absolute Gasteiger partial charge is 0.350 e. The second kappa shape index (κ2) is 5.87. The summed E-state index contributed by atoms with van der Waals surface area (Å²) in [6, 6.07) is 0.516. The standard InChI is InChI=1S/C16H24N2O2S/c1-9-3-7-11(8-4-9)18-15-12(10-5-6-10)13(17)14(21-15)16(19)20-2/h9-11,18H,3-8,17H2,1-2H3. The van der Waals surface area contributed by atoms with E-state index in [1.165, 1.54) is 62.5 Å². The number of thiophene rings is 1. The van der Waals surface area contributed by atoms with Gasteiger partial charge in [-0.3, -0.25) is 0 Å². The first-order chi connectivity index (χ1) is 10.1. The highest BCUT2D eigenvalue weighted by Gasteiger charge is 2.34. The molecule has 0 amide bonds. The summed E-state index contributed by atoms with van der Waals surface area (Å²) in [6.45, 7) is 2.32. The fraction of sp³-hybridized carbons (Fsp3) is 0.688. The number of carbonyl (C=O) groups is 1. The molecule has 21 heavy (non-hydrogen) atoms. The molecule has 0 radical (unpaired) electrons. The van der Waals surface area contributed by atoms with Gasteiger partial charge in [-0.05, 0) is 50.4 Å². The van der Waals surface area contributed by atoms with Gasteiger partial charge in [-0.15, -0.1) is 11.3 Å². The largest absolute Gasteiger partial charge is 0.465 e. The van der Waals surface area contributed by atoms with Crippen LogP contribution >= 0.6 is 11.3 Å². The first-order valence-electron chi connectivity index (χ1n) is 7.87. The number of carbonyl (C=O) groups excluding carboxylic acids is 1. The van der Waals surface area contributed by atoms with Crippen molar-refractivity contribution in [2.24, 2.45) is 5.92 Å². The summed E-state index contributed by atoms with van der Waals surface area (Å²) in [4.78, 5) is 12.4. The van der Waals surface area contributed by atoms with Crippen LogP contribution in [0.25, 0.3) is 0 Å². The van der Waals surface area contributed by atoms with E-state index in [0.29, 0.717) is 22.5 Å². The third-order valence-electron chi connectivity index (χ3n) is 4.69. The lowest BCUT2D eigenvalue weighted by Crippen LogP contribution is -2.25. The van der Waals surface area contributed by atoms with Gasteiger partial charge in [0.2, 0.25) is 0 Å². The number of nitrogens with one attached hydrogen (secondary N) is 1. The summed E-state index contributed by atoms with van der Waals surface area (Å²) in [6.07, 6.45) is 7.32. The maximum Gasteiger partial charge on any atom is 0.350 e. The molecular weight excluding hydrogens is 284 g/mol. The summed E-state index contributed by atoms with van der Waals surface area (Å²) in [5.41, 5.74) is 8.02. The molecule has 0 aliphatic heterocycles. The number of nitrogens with two attached hydrogens (primary N) is 1. The summed E-state index contributed by atoms with van der Waals surface area (Å²) in [7, 11) is 1.41. The maximum absolute atomic E-state index is 11.9. The Hall–Kier alpha value is -1.23. The molecular formula is C16H24N2O2S. The monoisotopic (exact) mass is 308 g/mol. The summed E-state index contributed by atoms with van der Waals surface area (Å²) in [5.74, 6) is 1.05. The van der Waals surface area contributed by atoms with Crippen LogP contribution in [0.1, 0.15) is 66.6 Å². The normalized spacial score (nSPS) is 25.6. The Labute approximate surface area is 130 Å². The predicted octanol–water partition coefficient (Wildman–Crippen LogP) is 3.98. The molecule has 0 aromatic carbocycles. The quantitative estimate of drug-likeness (QED) is 0.826. The van der Waals surface area contributed by atoms with Crippen LogP contribution in [0.15, 0.2) is 0 Å². The Morgan fingerprint density at radius 3 is 2.48 bits per heavy atom. The Balaban J connectivity index is 1.81. The van der Waals surface area contributed by atoms with E-state index in [2.05, 4.69) is 12.2 Å². The Bertz CT molecular complexity index is 529. The van der Waals surface area contributed by atoms with Crippen LogP contribution < -0.4 is 11.1 Å². The van der Waals surface area contributed by atoms with Gasteiger partial charge in [-0.25, -0.2) is 4.79 Å². The number of hydrogen-bond acceptors (Lipinski definition) is 5.